The van der Waals surface area contributed by atoms with Gasteiger partial charge in [0.15, 0.2) is 0 Å². The Morgan fingerprint density at radius 2 is 2.40 bits per heavy atom. The van der Waals surface area contributed by atoms with Crippen molar-refractivity contribution < 1.29 is 4.79 Å². The molecule has 1 saturated heterocycles. The molecule has 1 fully saturated rings. The predicted octanol–water partition coefficient (Wildman–Crippen LogP) is 0.379. The minimum absolute atomic E-state index is 0.230. The number of nitrogens with zero attached hydrogens (tertiary/aromatic N) is 1. The second-order valence-electron chi connectivity index (χ2n) is 3.06. The van der Waals surface area contributed by atoms with Crippen LogP contribution in [0.1, 0.15) is 20.3 Å². The molecule has 0 saturated carbocycles. The number of hydrogen-bond acceptors (Lipinski definition) is 2. The van der Waals surface area contributed by atoms with Gasteiger partial charge in [-0.3, -0.25) is 9.80 Å². The molecule has 0 atom stereocenters. The van der Waals surface area contributed by atoms with E-state index in [1.807, 2.05) is 0 Å². The van der Waals surface area contributed by atoms with Crippen molar-refractivity contribution >= 4 is 5.91 Å². The van der Waals surface area contributed by atoms with E-state index in [9.17, 15) is 4.79 Å². The normalized spacial score (nSPS) is 19.1. The Morgan fingerprint density at radius 3 is 2.80 bits per heavy atom. The van der Waals surface area contributed by atoms with Gasteiger partial charge in [-0.15, -0.1) is 0 Å². The average Bonchev–Trinajstić information content (AvgIpc) is 2.15. The zero-order valence-electron chi connectivity index (χ0n) is 6.55. The van der Waals surface area contributed by atoms with Crippen LogP contribution in [0.2, 0.25) is 0 Å². The van der Waals surface area contributed by atoms with Crippen LogP contribution < -0.4 is 5.43 Å². The van der Waals surface area contributed by atoms with Crippen molar-refractivity contribution in [2.24, 2.45) is 5.92 Å². The van der Waals surface area contributed by atoms with Gasteiger partial charge in [0.05, 0.1) is 0 Å². The van der Waals surface area contributed by atoms with Gasteiger partial charge in [-0.25, -0.2) is 5.43 Å². The highest BCUT2D eigenvalue weighted by atomic mass is 16.2. The molecule has 0 aliphatic carbocycles. The Hall–Kier alpha value is -0.570. The van der Waals surface area contributed by atoms with Gasteiger partial charge in [0.25, 0.3) is 0 Å². The summed E-state index contributed by atoms with van der Waals surface area (Å²) in [5.74, 6) is 0.781. The van der Waals surface area contributed by atoms with Crippen LogP contribution in [0.3, 0.4) is 0 Å². The van der Waals surface area contributed by atoms with Gasteiger partial charge in [0.1, 0.15) is 0 Å². The largest absolute Gasteiger partial charge is 0.278 e. The number of hydrazine groups is 1. The maximum atomic E-state index is 11.0. The van der Waals surface area contributed by atoms with Gasteiger partial charge in [-0.2, -0.15) is 0 Å². The molecule has 1 aliphatic heterocycles. The molecule has 0 spiro atoms. The molecule has 1 rings (SSSR count). The summed E-state index contributed by atoms with van der Waals surface area (Å²) in [7, 11) is 0. The molecule has 3 nitrogen and oxygen atoms in total. The summed E-state index contributed by atoms with van der Waals surface area (Å²) >= 11 is 0. The van der Waals surface area contributed by atoms with Crippen LogP contribution in [0.4, 0.5) is 0 Å². The molecule has 1 heterocycles. The minimum atomic E-state index is 0.230. The van der Waals surface area contributed by atoms with Gasteiger partial charge in [0, 0.05) is 19.5 Å². The monoisotopic (exact) mass is 142 g/mol. The van der Waals surface area contributed by atoms with Crippen molar-refractivity contribution in [1.29, 1.82) is 0 Å². The van der Waals surface area contributed by atoms with E-state index < -0.39 is 0 Å². The van der Waals surface area contributed by atoms with E-state index in [0.29, 0.717) is 12.3 Å². The lowest BCUT2D eigenvalue weighted by atomic mass is 10.2. The first-order valence-electron chi connectivity index (χ1n) is 3.74. The summed E-state index contributed by atoms with van der Waals surface area (Å²) in [6.07, 6.45) is 0.659. The summed E-state index contributed by atoms with van der Waals surface area (Å²) in [6, 6.07) is 0. The molecular formula is C7H14N2O. The van der Waals surface area contributed by atoms with Crippen molar-refractivity contribution in [3.8, 4) is 0 Å². The van der Waals surface area contributed by atoms with E-state index in [4.69, 9.17) is 0 Å². The molecule has 1 aliphatic rings. The lowest BCUT2D eigenvalue weighted by molar-refractivity contribution is -0.130. The van der Waals surface area contributed by atoms with E-state index in [1.165, 1.54) is 0 Å². The fraction of sp³-hybridized carbons (Fsp3) is 0.857. The van der Waals surface area contributed by atoms with Gasteiger partial charge in [-0.1, -0.05) is 13.8 Å². The third-order valence-corrected chi connectivity index (χ3v) is 1.49. The quantitative estimate of drug-likeness (QED) is 0.604. The van der Waals surface area contributed by atoms with E-state index in [0.717, 1.165) is 13.1 Å². The summed E-state index contributed by atoms with van der Waals surface area (Å²) in [5.41, 5.74) is 3.02. The predicted molar refractivity (Wildman–Crippen MR) is 39.2 cm³/mol. The molecule has 58 valence electrons. The number of hydrogen-bond donors (Lipinski definition) is 1. The summed E-state index contributed by atoms with van der Waals surface area (Å²) in [5, 5.41) is 1.71. The van der Waals surface area contributed by atoms with Crippen molar-refractivity contribution in [2.45, 2.75) is 20.3 Å². The molecular weight excluding hydrogens is 128 g/mol. The molecule has 0 bridgehead atoms. The summed E-state index contributed by atoms with van der Waals surface area (Å²) in [6.45, 7) is 5.85. The molecule has 1 amide bonds. The second-order valence-corrected chi connectivity index (χ2v) is 3.06. The Morgan fingerprint density at radius 1 is 1.70 bits per heavy atom. The third kappa shape index (κ3) is 1.70. The van der Waals surface area contributed by atoms with E-state index in [2.05, 4.69) is 19.3 Å². The van der Waals surface area contributed by atoms with E-state index >= 15 is 0 Å². The zero-order valence-corrected chi connectivity index (χ0v) is 6.55. The van der Waals surface area contributed by atoms with Crippen LogP contribution >= 0.6 is 0 Å². The molecule has 10 heavy (non-hydrogen) atoms. The number of carbonyl (C=O) groups excluding carboxylic acids is 1. The highest BCUT2D eigenvalue weighted by Gasteiger charge is 2.19. The summed E-state index contributed by atoms with van der Waals surface area (Å²) < 4.78 is 0. The minimum Gasteiger partial charge on any atom is -0.278 e. The first-order chi connectivity index (χ1) is 4.70. The Balaban J connectivity index is 2.33. The Bertz CT molecular complexity index is 134. The van der Waals surface area contributed by atoms with Crippen molar-refractivity contribution in [3.63, 3.8) is 0 Å². The first-order valence-corrected chi connectivity index (χ1v) is 3.74. The SMILES string of the molecule is CC(C)CN1NCCC1=O. The third-order valence-electron chi connectivity index (χ3n) is 1.49. The lowest BCUT2D eigenvalue weighted by Crippen LogP contribution is -2.36. The fourth-order valence-electron chi connectivity index (χ4n) is 1.05. The molecule has 0 aromatic heterocycles. The summed E-state index contributed by atoms with van der Waals surface area (Å²) in [4.78, 5) is 11.0. The number of nitrogens with one attached hydrogen (secondary N) is 1. The topological polar surface area (TPSA) is 32.3 Å². The Kier molecular flexibility index (Phi) is 2.27. The van der Waals surface area contributed by atoms with Crippen LogP contribution in [-0.4, -0.2) is 24.0 Å². The molecule has 3 heteroatoms. The van der Waals surface area contributed by atoms with Crippen molar-refractivity contribution in [3.05, 3.63) is 0 Å². The van der Waals surface area contributed by atoms with E-state index in [1.54, 1.807) is 5.01 Å². The van der Waals surface area contributed by atoms with Gasteiger partial charge < -0.3 is 0 Å². The number of amides is 1. The molecule has 0 aromatic carbocycles. The fourth-order valence-corrected chi connectivity index (χ4v) is 1.05. The molecule has 0 aromatic rings. The van der Waals surface area contributed by atoms with E-state index in [-0.39, 0.29) is 5.91 Å². The standard InChI is InChI=1S/C7H14N2O/c1-6(2)5-9-7(10)3-4-8-9/h6,8H,3-5H2,1-2H3. The maximum absolute atomic E-state index is 11.0. The zero-order chi connectivity index (χ0) is 7.56. The molecule has 1 N–H and O–H groups in total. The highest BCUT2D eigenvalue weighted by molar-refractivity contribution is 5.77. The van der Waals surface area contributed by atoms with Crippen LogP contribution in [0.15, 0.2) is 0 Å². The van der Waals surface area contributed by atoms with Gasteiger partial charge >= 0.3 is 0 Å². The first kappa shape index (κ1) is 7.54. The van der Waals surface area contributed by atoms with Crippen LogP contribution in [0, 0.1) is 5.92 Å². The van der Waals surface area contributed by atoms with Crippen molar-refractivity contribution in [2.75, 3.05) is 13.1 Å². The number of rotatable bonds is 2. The van der Waals surface area contributed by atoms with Gasteiger partial charge in [0.2, 0.25) is 5.91 Å². The Labute approximate surface area is 61.4 Å². The molecule has 0 unspecified atom stereocenters. The lowest BCUT2D eigenvalue weighted by Gasteiger charge is -2.17. The van der Waals surface area contributed by atoms with Crippen LogP contribution in [0.5, 0.6) is 0 Å². The highest BCUT2D eigenvalue weighted by Crippen LogP contribution is 2.02. The van der Waals surface area contributed by atoms with Crippen LogP contribution in [0.25, 0.3) is 0 Å². The van der Waals surface area contributed by atoms with Crippen molar-refractivity contribution in [1.82, 2.24) is 10.4 Å². The smallest absolute Gasteiger partial charge is 0.238 e. The van der Waals surface area contributed by atoms with Crippen LogP contribution in [-0.2, 0) is 4.79 Å². The second kappa shape index (κ2) is 3.01. The maximum Gasteiger partial charge on any atom is 0.238 e. The average molecular weight is 142 g/mol. The number of carbonyl (C=O) groups is 1. The molecule has 0 radical (unpaired) electrons. The van der Waals surface area contributed by atoms with Gasteiger partial charge in [-0.05, 0) is 5.92 Å².